The zero-order valence-electron chi connectivity index (χ0n) is 12.3. The Morgan fingerprint density at radius 3 is 2.67 bits per heavy atom. The second kappa shape index (κ2) is 5.49. The zero-order chi connectivity index (χ0) is 15.0. The molecule has 0 spiro atoms. The molecule has 0 radical (unpaired) electrons. The Kier molecular flexibility index (Phi) is 3.68. The Bertz CT molecular complexity index is 683. The molecule has 0 heterocycles. The molecule has 1 aliphatic carbocycles. The average Bonchev–Trinajstić information content (AvgIpc) is 2.83. The van der Waals surface area contributed by atoms with E-state index in [2.05, 4.69) is 30.3 Å². The van der Waals surface area contributed by atoms with E-state index in [9.17, 15) is 4.79 Å². The molecular weight excluding hydrogens is 262 g/mol. The third-order valence-corrected chi connectivity index (χ3v) is 4.49. The first-order chi connectivity index (χ1) is 10.1. The Morgan fingerprint density at radius 2 is 1.95 bits per heavy atom. The number of hydrogen-bond acceptors (Lipinski definition) is 2. The normalized spacial score (nSPS) is 16.1. The molecule has 0 amide bonds. The Hall–Kier alpha value is -1.87. The van der Waals surface area contributed by atoms with Gasteiger partial charge in [0, 0.05) is 12.5 Å². The highest BCUT2D eigenvalue weighted by Gasteiger charge is 2.20. The standard InChI is InChI=1S/C18H21NO2/c1-11(10-17(20)21)9-16(19)14-8-7-13-6-5-12-3-2-4-15(14)18(12)13/h2-4,7-8,11,16H,5-6,9-10,19H2,1H3,(H,20,21). The summed E-state index contributed by atoms with van der Waals surface area (Å²) in [5, 5.41) is 11.5. The van der Waals surface area contributed by atoms with Crippen LogP contribution in [0.15, 0.2) is 30.3 Å². The van der Waals surface area contributed by atoms with Crippen LogP contribution in [0.1, 0.15) is 42.5 Å². The van der Waals surface area contributed by atoms with E-state index in [1.54, 1.807) is 0 Å². The molecule has 0 bridgehead atoms. The van der Waals surface area contributed by atoms with Crippen molar-refractivity contribution in [3.05, 3.63) is 47.0 Å². The van der Waals surface area contributed by atoms with Gasteiger partial charge in [-0.15, -0.1) is 0 Å². The van der Waals surface area contributed by atoms with Gasteiger partial charge in [-0.2, -0.15) is 0 Å². The highest BCUT2D eigenvalue weighted by Crippen LogP contribution is 2.35. The minimum absolute atomic E-state index is 0.0838. The van der Waals surface area contributed by atoms with Gasteiger partial charge in [-0.1, -0.05) is 37.3 Å². The first-order valence-corrected chi connectivity index (χ1v) is 7.57. The van der Waals surface area contributed by atoms with Gasteiger partial charge in [-0.3, -0.25) is 4.79 Å². The molecule has 2 aromatic rings. The van der Waals surface area contributed by atoms with Crippen molar-refractivity contribution in [1.29, 1.82) is 0 Å². The number of aliphatic carboxylic acids is 1. The Morgan fingerprint density at radius 1 is 1.24 bits per heavy atom. The Labute approximate surface area is 124 Å². The number of carboxylic acid groups (broad SMARTS) is 1. The lowest BCUT2D eigenvalue weighted by molar-refractivity contribution is -0.138. The number of carboxylic acids is 1. The van der Waals surface area contributed by atoms with E-state index in [1.165, 1.54) is 21.9 Å². The fraction of sp³-hybridized carbons (Fsp3) is 0.389. The van der Waals surface area contributed by atoms with E-state index in [0.29, 0.717) is 6.42 Å². The van der Waals surface area contributed by atoms with Gasteiger partial charge >= 0.3 is 5.97 Å². The van der Waals surface area contributed by atoms with Gasteiger partial charge in [0.2, 0.25) is 0 Å². The third kappa shape index (κ3) is 2.66. The number of carbonyl (C=O) groups is 1. The number of aryl methyl sites for hydroxylation is 2. The minimum Gasteiger partial charge on any atom is -0.481 e. The van der Waals surface area contributed by atoms with Crippen LogP contribution in [-0.2, 0) is 17.6 Å². The molecule has 0 aromatic heterocycles. The quantitative estimate of drug-likeness (QED) is 0.883. The first-order valence-electron chi connectivity index (χ1n) is 7.57. The third-order valence-electron chi connectivity index (χ3n) is 4.49. The van der Waals surface area contributed by atoms with E-state index >= 15 is 0 Å². The summed E-state index contributed by atoms with van der Waals surface area (Å²) in [7, 11) is 0. The van der Waals surface area contributed by atoms with Crippen LogP contribution < -0.4 is 5.73 Å². The summed E-state index contributed by atoms with van der Waals surface area (Å²) in [6.07, 6.45) is 3.10. The van der Waals surface area contributed by atoms with Crippen molar-refractivity contribution >= 4 is 16.7 Å². The minimum atomic E-state index is -0.755. The fourth-order valence-corrected chi connectivity index (χ4v) is 3.53. The molecule has 0 aliphatic heterocycles. The predicted molar refractivity (Wildman–Crippen MR) is 84.3 cm³/mol. The molecule has 0 fully saturated rings. The van der Waals surface area contributed by atoms with Crippen LogP contribution in [0.5, 0.6) is 0 Å². The highest BCUT2D eigenvalue weighted by atomic mass is 16.4. The number of hydrogen-bond donors (Lipinski definition) is 2. The van der Waals surface area contributed by atoms with Crippen molar-refractivity contribution in [1.82, 2.24) is 0 Å². The number of rotatable bonds is 5. The topological polar surface area (TPSA) is 63.3 Å². The first kappa shape index (κ1) is 14.1. The second-order valence-electron chi connectivity index (χ2n) is 6.20. The number of benzene rings is 2. The van der Waals surface area contributed by atoms with E-state index < -0.39 is 5.97 Å². The van der Waals surface area contributed by atoms with Crippen LogP contribution in [0.4, 0.5) is 0 Å². The van der Waals surface area contributed by atoms with Crippen molar-refractivity contribution in [2.24, 2.45) is 11.7 Å². The van der Waals surface area contributed by atoms with E-state index in [-0.39, 0.29) is 18.4 Å². The smallest absolute Gasteiger partial charge is 0.303 e. The van der Waals surface area contributed by atoms with Crippen LogP contribution in [0.25, 0.3) is 10.8 Å². The summed E-state index contributed by atoms with van der Waals surface area (Å²) < 4.78 is 0. The van der Waals surface area contributed by atoms with Crippen LogP contribution in [0, 0.1) is 5.92 Å². The molecule has 2 aromatic carbocycles. The molecule has 110 valence electrons. The van der Waals surface area contributed by atoms with Crippen LogP contribution in [-0.4, -0.2) is 11.1 Å². The van der Waals surface area contributed by atoms with E-state index in [1.807, 2.05) is 6.92 Å². The van der Waals surface area contributed by atoms with Crippen molar-refractivity contribution in [2.45, 2.75) is 38.6 Å². The van der Waals surface area contributed by atoms with Gasteiger partial charge in [0.15, 0.2) is 0 Å². The molecule has 0 saturated heterocycles. The van der Waals surface area contributed by atoms with Crippen LogP contribution in [0.3, 0.4) is 0 Å². The van der Waals surface area contributed by atoms with Gasteiger partial charge < -0.3 is 10.8 Å². The summed E-state index contributed by atoms with van der Waals surface area (Å²) in [5.74, 6) is -0.671. The van der Waals surface area contributed by atoms with Crippen molar-refractivity contribution in [3.8, 4) is 0 Å². The maximum atomic E-state index is 10.8. The number of nitrogens with two attached hydrogens (primary N) is 1. The maximum Gasteiger partial charge on any atom is 0.303 e. The van der Waals surface area contributed by atoms with Crippen molar-refractivity contribution in [3.63, 3.8) is 0 Å². The van der Waals surface area contributed by atoms with Crippen LogP contribution in [0.2, 0.25) is 0 Å². The molecule has 3 N–H and O–H groups in total. The monoisotopic (exact) mass is 283 g/mol. The molecule has 3 heteroatoms. The summed E-state index contributed by atoms with van der Waals surface area (Å²) in [6, 6.07) is 10.7. The van der Waals surface area contributed by atoms with Crippen LogP contribution >= 0.6 is 0 Å². The largest absolute Gasteiger partial charge is 0.481 e. The predicted octanol–water partition coefficient (Wildman–Crippen LogP) is 3.44. The van der Waals surface area contributed by atoms with Gasteiger partial charge in [-0.05, 0) is 52.6 Å². The fourth-order valence-electron chi connectivity index (χ4n) is 3.53. The summed E-state index contributed by atoms with van der Waals surface area (Å²) >= 11 is 0. The van der Waals surface area contributed by atoms with Crippen molar-refractivity contribution < 1.29 is 9.90 Å². The zero-order valence-corrected chi connectivity index (χ0v) is 12.3. The summed E-state index contributed by atoms with van der Waals surface area (Å²) in [6.45, 7) is 1.95. The van der Waals surface area contributed by atoms with Gasteiger partial charge in [0.05, 0.1) is 0 Å². The lowest BCUT2D eigenvalue weighted by Gasteiger charge is -2.19. The SMILES string of the molecule is CC(CC(=O)O)CC(N)c1ccc2c3c(cccc13)CC2. The summed E-state index contributed by atoms with van der Waals surface area (Å²) in [4.78, 5) is 10.8. The lowest BCUT2D eigenvalue weighted by Crippen LogP contribution is -2.16. The molecule has 2 atom stereocenters. The second-order valence-corrected chi connectivity index (χ2v) is 6.20. The molecule has 3 rings (SSSR count). The average molecular weight is 283 g/mol. The molecule has 2 unspecified atom stereocenters. The molecule has 0 saturated carbocycles. The van der Waals surface area contributed by atoms with E-state index in [0.717, 1.165) is 18.4 Å². The Balaban J connectivity index is 1.92. The molecule has 21 heavy (non-hydrogen) atoms. The van der Waals surface area contributed by atoms with Gasteiger partial charge in [0.1, 0.15) is 0 Å². The summed E-state index contributed by atoms with van der Waals surface area (Å²) in [5.41, 5.74) is 10.3. The molecule has 1 aliphatic rings. The molecular formula is C18H21NO2. The lowest BCUT2D eigenvalue weighted by atomic mass is 9.90. The van der Waals surface area contributed by atoms with Gasteiger partial charge in [0.25, 0.3) is 0 Å². The highest BCUT2D eigenvalue weighted by molar-refractivity contribution is 5.93. The molecule has 3 nitrogen and oxygen atoms in total. The van der Waals surface area contributed by atoms with E-state index in [4.69, 9.17) is 10.8 Å². The maximum absolute atomic E-state index is 10.8. The van der Waals surface area contributed by atoms with Gasteiger partial charge in [-0.25, -0.2) is 0 Å². The van der Waals surface area contributed by atoms with Crippen molar-refractivity contribution in [2.75, 3.05) is 0 Å².